The lowest BCUT2D eigenvalue weighted by atomic mass is 9.75. The van der Waals surface area contributed by atoms with Gasteiger partial charge in [0.05, 0.1) is 0 Å². The summed E-state index contributed by atoms with van der Waals surface area (Å²) < 4.78 is 8.56. The van der Waals surface area contributed by atoms with Crippen molar-refractivity contribution in [2.24, 2.45) is 17.8 Å². The van der Waals surface area contributed by atoms with Gasteiger partial charge < -0.3 is 14.6 Å². The lowest BCUT2D eigenvalue weighted by Crippen LogP contribution is -2.50. The number of nitrogens with one attached hydrogen (secondary N) is 1. The Kier molecular flexibility index (Phi) is 6.54. The smallest absolute Gasteiger partial charge is 0.345 e. The predicted molar refractivity (Wildman–Crippen MR) is 155 cm³/mol. The predicted octanol–water partition coefficient (Wildman–Crippen LogP) is 7.20. The van der Waals surface area contributed by atoms with Gasteiger partial charge in [-0.2, -0.15) is 0 Å². The number of rotatable bonds is 6. The first-order valence-electron chi connectivity index (χ1n) is 14.1. The monoisotopic (exact) mass is 520 g/mol. The maximum atomic E-state index is 14.5. The highest BCUT2D eigenvalue weighted by atomic mass is 16.5. The van der Waals surface area contributed by atoms with Gasteiger partial charge in [0, 0.05) is 40.5 Å². The molecule has 200 valence electrons. The molecule has 0 saturated heterocycles. The SMILES string of the molecule is CC(C)C1CC[C@@H](C)C[C@H]1OC(=O)[C@]1(c2cn(Cc3ccccc3)c3ccccc23)Nc2ccccc2C1=O. The van der Waals surface area contributed by atoms with Crippen LogP contribution in [-0.4, -0.2) is 22.4 Å². The summed E-state index contributed by atoms with van der Waals surface area (Å²) >= 11 is 0. The number of Topliss-reactive ketones (excluding diaryl/α,β-unsaturated/α-hetero) is 1. The molecule has 5 heteroatoms. The molecule has 1 saturated carbocycles. The third-order valence-corrected chi connectivity index (χ3v) is 8.75. The van der Waals surface area contributed by atoms with Crippen molar-refractivity contribution >= 4 is 28.3 Å². The second-order valence-electron chi connectivity index (χ2n) is 11.7. The van der Waals surface area contributed by atoms with E-state index in [9.17, 15) is 9.59 Å². The number of ether oxygens (including phenoxy) is 1. The van der Waals surface area contributed by atoms with Crippen molar-refractivity contribution in [2.75, 3.05) is 5.32 Å². The highest BCUT2D eigenvalue weighted by Gasteiger charge is 2.56. The van der Waals surface area contributed by atoms with Gasteiger partial charge in [-0.3, -0.25) is 4.79 Å². The number of hydrogen-bond donors (Lipinski definition) is 1. The van der Waals surface area contributed by atoms with Crippen LogP contribution in [0.1, 0.15) is 61.5 Å². The van der Waals surface area contributed by atoms with Crippen molar-refractivity contribution < 1.29 is 14.3 Å². The van der Waals surface area contributed by atoms with E-state index in [4.69, 9.17) is 4.74 Å². The average Bonchev–Trinajstić information content (AvgIpc) is 3.45. The number of carbonyl (C=O) groups excluding carboxylic acids is 2. The Morgan fingerprint density at radius 2 is 1.72 bits per heavy atom. The minimum atomic E-state index is -1.65. The Morgan fingerprint density at radius 1 is 1.00 bits per heavy atom. The van der Waals surface area contributed by atoms with Gasteiger partial charge in [-0.25, -0.2) is 4.79 Å². The Balaban J connectivity index is 1.48. The highest BCUT2D eigenvalue weighted by Crippen LogP contribution is 2.45. The molecule has 0 bridgehead atoms. The maximum Gasteiger partial charge on any atom is 0.345 e. The molecule has 1 N–H and O–H groups in total. The maximum absolute atomic E-state index is 14.5. The first kappa shape index (κ1) is 25.4. The molecule has 1 unspecified atom stereocenters. The summed E-state index contributed by atoms with van der Waals surface area (Å²) in [5, 5.41) is 4.26. The number of anilines is 1. The van der Waals surface area contributed by atoms with Gasteiger partial charge in [0.15, 0.2) is 0 Å². The van der Waals surface area contributed by atoms with E-state index >= 15 is 0 Å². The van der Waals surface area contributed by atoms with Gasteiger partial charge in [-0.05, 0) is 54.4 Å². The van der Waals surface area contributed by atoms with Crippen LogP contribution in [0.2, 0.25) is 0 Å². The minimum Gasteiger partial charge on any atom is -0.460 e. The van der Waals surface area contributed by atoms with E-state index < -0.39 is 11.5 Å². The van der Waals surface area contributed by atoms with E-state index in [2.05, 4.69) is 42.8 Å². The van der Waals surface area contributed by atoms with Crippen LogP contribution in [0.25, 0.3) is 10.9 Å². The minimum absolute atomic E-state index is 0.214. The van der Waals surface area contributed by atoms with E-state index in [1.165, 1.54) is 0 Å². The Morgan fingerprint density at radius 3 is 2.49 bits per heavy atom. The van der Waals surface area contributed by atoms with E-state index in [-0.39, 0.29) is 17.8 Å². The second kappa shape index (κ2) is 10.0. The fraction of sp³-hybridized carbons (Fsp3) is 0.353. The van der Waals surface area contributed by atoms with Crippen molar-refractivity contribution in [3.05, 3.63) is 102 Å². The Hall–Kier alpha value is -3.86. The molecule has 2 heterocycles. The molecule has 4 atom stereocenters. The summed E-state index contributed by atoms with van der Waals surface area (Å²) in [5.74, 6) is 0.390. The van der Waals surface area contributed by atoms with Crippen molar-refractivity contribution in [2.45, 2.75) is 58.2 Å². The zero-order valence-corrected chi connectivity index (χ0v) is 22.9. The lowest BCUT2D eigenvalue weighted by molar-refractivity contribution is -0.159. The number of carbonyl (C=O) groups is 2. The van der Waals surface area contributed by atoms with Gasteiger partial charge in [-0.1, -0.05) is 87.9 Å². The molecule has 0 radical (unpaired) electrons. The van der Waals surface area contributed by atoms with Gasteiger partial charge in [0.1, 0.15) is 6.10 Å². The molecule has 1 fully saturated rings. The summed E-state index contributed by atoms with van der Waals surface area (Å²) in [4.78, 5) is 28.8. The summed E-state index contributed by atoms with van der Waals surface area (Å²) in [6.07, 6.45) is 4.74. The lowest BCUT2D eigenvalue weighted by Gasteiger charge is -2.38. The standard InChI is InChI=1S/C34H36N2O3/c1-22(2)25-18-17-23(3)19-31(25)39-33(38)34(32(37)27-14-7-9-15-29(27)35-34)28-21-36(20-24-11-5-4-6-12-24)30-16-10-8-13-26(28)30/h4-16,21-23,25,31,35H,17-20H2,1-3H3/t23-,25?,31-,34-/m1/s1. The van der Waals surface area contributed by atoms with Crippen LogP contribution in [0.15, 0.2) is 85.1 Å². The third kappa shape index (κ3) is 4.34. The molecule has 1 aliphatic heterocycles. The van der Waals surface area contributed by atoms with E-state index in [1.54, 1.807) is 6.07 Å². The molecule has 2 aliphatic rings. The highest BCUT2D eigenvalue weighted by molar-refractivity contribution is 6.26. The summed E-state index contributed by atoms with van der Waals surface area (Å²) in [6, 6.07) is 25.6. The first-order valence-corrected chi connectivity index (χ1v) is 14.1. The molecule has 1 aromatic heterocycles. The summed E-state index contributed by atoms with van der Waals surface area (Å²) in [6.45, 7) is 7.24. The number of nitrogens with zero attached hydrogens (tertiary/aromatic N) is 1. The number of hydrogen-bond acceptors (Lipinski definition) is 4. The normalized spacial score (nSPS) is 24.5. The molecular formula is C34H36N2O3. The van der Waals surface area contributed by atoms with Crippen LogP contribution < -0.4 is 5.32 Å². The number of aromatic nitrogens is 1. The van der Waals surface area contributed by atoms with Crippen LogP contribution in [0, 0.1) is 17.8 Å². The Labute approximate surface area is 230 Å². The van der Waals surface area contributed by atoms with Crippen LogP contribution >= 0.6 is 0 Å². The fourth-order valence-corrected chi connectivity index (χ4v) is 6.63. The zero-order valence-electron chi connectivity index (χ0n) is 22.9. The van der Waals surface area contributed by atoms with Gasteiger partial charge in [0.2, 0.25) is 11.3 Å². The number of ketones is 1. The van der Waals surface area contributed by atoms with Crippen LogP contribution in [0.4, 0.5) is 5.69 Å². The van der Waals surface area contributed by atoms with Gasteiger partial charge in [0.25, 0.3) is 0 Å². The number of benzene rings is 3. The average molecular weight is 521 g/mol. The van der Waals surface area contributed by atoms with Crippen LogP contribution in [0.3, 0.4) is 0 Å². The molecule has 1 aliphatic carbocycles. The van der Waals surface area contributed by atoms with Crippen LogP contribution in [-0.2, 0) is 21.6 Å². The molecule has 3 aromatic carbocycles. The number of fused-ring (bicyclic) bond motifs is 2. The zero-order chi connectivity index (χ0) is 27.1. The Bertz CT molecular complexity index is 1520. The molecule has 0 spiro atoms. The fourth-order valence-electron chi connectivity index (χ4n) is 6.63. The van der Waals surface area contributed by atoms with E-state index in [0.29, 0.717) is 35.2 Å². The summed E-state index contributed by atoms with van der Waals surface area (Å²) in [5.41, 5.74) is 2.30. The molecular weight excluding hydrogens is 484 g/mol. The second-order valence-corrected chi connectivity index (χ2v) is 11.7. The molecule has 39 heavy (non-hydrogen) atoms. The van der Waals surface area contributed by atoms with Crippen molar-refractivity contribution in [3.8, 4) is 0 Å². The van der Waals surface area contributed by atoms with Gasteiger partial charge >= 0.3 is 5.97 Å². The largest absolute Gasteiger partial charge is 0.460 e. The van der Waals surface area contributed by atoms with Crippen molar-refractivity contribution in [1.82, 2.24) is 4.57 Å². The molecule has 5 nitrogen and oxygen atoms in total. The molecule has 4 aromatic rings. The number of para-hydroxylation sites is 2. The first-order chi connectivity index (χ1) is 18.9. The van der Waals surface area contributed by atoms with Crippen molar-refractivity contribution in [3.63, 3.8) is 0 Å². The van der Waals surface area contributed by atoms with E-state index in [1.807, 2.05) is 66.9 Å². The quantitative estimate of drug-likeness (QED) is 0.216. The number of esters is 1. The topological polar surface area (TPSA) is 60.3 Å². The van der Waals surface area contributed by atoms with Gasteiger partial charge in [-0.15, -0.1) is 0 Å². The third-order valence-electron chi connectivity index (χ3n) is 8.75. The molecule has 6 rings (SSSR count). The van der Waals surface area contributed by atoms with Crippen LogP contribution in [0.5, 0.6) is 0 Å². The molecule has 0 amide bonds. The van der Waals surface area contributed by atoms with Crippen molar-refractivity contribution in [1.29, 1.82) is 0 Å². The van der Waals surface area contributed by atoms with E-state index in [0.717, 1.165) is 35.7 Å². The summed E-state index contributed by atoms with van der Waals surface area (Å²) in [7, 11) is 0.